The third-order valence-electron chi connectivity index (χ3n) is 4.40. The van der Waals surface area contributed by atoms with E-state index in [-0.39, 0.29) is 11.4 Å². The second kappa shape index (κ2) is 9.40. The predicted octanol–water partition coefficient (Wildman–Crippen LogP) is 7.63. The Labute approximate surface area is 203 Å². The molecule has 2 rings (SSSR count). The molecule has 0 unspecified atom stereocenters. The van der Waals surface area contributed by atoms with Gasteiger partial charge in [0.05, 0.1) is 31.5 Å². The minimum atomic E-state index is -5.99. The van der Waals surface area contributed by atoms with Crippen molar-refractivity contribution in [3.63, 3.8) is 0 Å². The van der Waals surface area contributed by atoms with Crippen LogP contribution in [0, 0.1) is 0 Å². The van der Waals surface area contributed by atoms with Gasteiger partial charge in [-0.15, -0.1) is 0 Å². The van der Waals surface area contributed by atoms with Gasteiger partial charge in [-0.2, -0.15) is 26.3 Å². The molecule has 33 heavy (non-hydrogen) atoms. The fourth-order valence-electron chi connectivity index (χ4n) is 3.15. The van der Waals surface area contributed by atoms with Crippen LogP contribution in [0.1, 0.15) is 25.0 Å². The molecule has 2 aromatic carbocycles. The molecule has 0 bridgehead atoms. The van der Waals surface area contributed by atoms with Crippen molar-refractivity contribution in [2.75, 3.05) is 10.6 Å². The molecule has 4 nitrogen and oxygen atoms in total. The van der Waals surface area contributed by atoms with Crippen LogP contribution in [0.15, 0.2) is 24.3 Å². The quantitative estimate of drug-likeness (QED) is 0.381. The van der Waals surface area contributed by atoms with E-state index in [1.54, 1.807) is 0 Å². The summed E-state index contributed by atoms with van der Waals surface area (Å²) in [5.41, 5.74) is -8.21. The molecule has 180 valence electrons. The first-order valence-corrected chi connectivity index (χ1v) is 10.1. The summed E-state index contributed by atoms with van der Waals surface area (Å²) in [4.78, 5) is 22.6. The first-order chi connectivity index (χ1) is 14.9. The molecule has 0 heterocycles. The summed E-state index contributed by atoms with van der Waals surface area (Å²) in [6, 6.07) is 1.57. The standard InChI is InChI=1S/C19H12Cl4F6N2O2/c1-7(32)30-15-11(20)3-9(4-12(15)21)17(18(24,25)26,19(27,28)29)10-5-13(22)16(14(23)6-10)31-8(2)33/h3-6H,1-2H3,(H,30,32)(H,31,33). The summed E-state index contributed by atoms with van der Waals surface area (Å²) in [7, 11) is 0. The number of carbonyl (C=O) groups excluding carboxylic acids is 2. The van der Waals surface area contributed by atoms with E-state index in [2.05, 4.69) is 10.6 Å². The predicted molar refractivity (Wildman–Crippen MR) is 114 cm³/mol. The molecule has 0 aliphatic rings. The fourth-order valence-corrected chi connectivity index (χ4v) is 4.32. The molecule has 0 saturated carbocycles. The van der Waals surface area contributed by atoms with Crippen LogP contribution in [-0.2, 0) is 15.0 Å². The lowest BCUT2D eigenvalue weighted by Crippen LogP contribution is -2.54. The number of amides is 2. The van der Waals surface area contributed by atoms with Crippen molar-refractivity contribution in [2.45, 2.75) is 31.6 Å². The Morgan fingerprint density at radius 3 is 1.06 bits per heavy atom. The number of nitrogens with one attached hydrogen (secondary N) is 2. The van der Waals surface area contributed by atoms with Crippen molar-refractivity contribution in [3.05, 3.63) is 55.5 Å². The minimum absolute atomic E-state index is 0.370. The highest BCUT2D eigenvalue weighted by atomic mass is 35.5. The SMILES string of the molecule is CC(=O)Nc1c(Cl)cc(C(c2cc(Cl)c(NC(C)=O)c(Cl)c2)(C(F)(F)F)C(F)(F)F)cc1Cl. The van der Waals surface area contributed by atoms with Crippen molar-refractivity contribution in [3.8, 4) is 0 Å². The number of alkyl halides is 6. The number of anilines is 2. The summed E-state index contributed by atoms with van der Waals surface area (Å²) in [6.45, 7) is 2.08. The first-order valence-electron chi connectivity index (χ1n) is 8.61. The van der Waals surface area contributed by atoms with Crippen LogP contribution in [-0.4, -0.2) is 24.2 Å². The zero-order chi connectivity index (χ0) is 25.5. The van der Waals surface area contributed by atoms with Crippen molar-refractivity contribution >= 4 is 69.6 Å². The number of hydrogen-bond acceptors (Lipinski definition) is 2. The third kappa shape index (κ3) is 5.13. The van der Waals surface area contributed by atoms with Gasteiger partial charge in [0.1, 0.15) is 0 Å². The summed E-state index contributed by atoms with van der Waals surface area (Å²) in [5.74, 6) is -1.42. The van der Waals surface area contributed by atoms with Gasteiger partial charge in [-0.25, -0.2) is 0 Å². The van der Waals surface area contributed by atoms with Crippen molar-refractivity contribution < 1.29 is 35.9 Å². The normalized spacial score (nSPS) is 12.5. The molecular formula is C19H12Cl4F6N2O2. The summed E-state index contributed by atoms with van der Waals surface area (Å²) >= 11 is 23.5. The van der Waals surface area contributed by atoms with Gasteiger partial charge >= 0.3 is 12.4 Å². The molecule has 0 aliphatic carbocycles. The lowest BCUT2D eigenvalue weighted by molar-refractivity contribution is -0.288. The average Bonchev–Trinajstić information content (AvgIpc) is 2.59. The van der Waals surface area contributed by atoms with Gasteiger partial charge in [-0.3, -0.25) is 9.59 Å². The van der Waals surface area contributed by atoms with Crippen LogP contribution in [0.25, 0.3) is 0 Å². The third-order valence-corrected chi connectivity index (χ3v) is 5.60. The summed E-state index contributed by atoms with van der Waals surface area (Å²) < 4.78 is 86.2. The topological polar surface area (TPSA) is 58.2 Å². The van der Waals surface area contributed by atoms with Gasteiger partial charge in [-0.1, -0.05) is 46.4 Å². The second-order valence-electron chi connectivity index (χ2n) is 6.74. The lowest BCUT2D eigenvalue weighted by Gasteiger charge is -2.39. The molecule has 0 fully saturated rings. The van der Waals surface area contributed by atoms with E-state index in [1.807, 2.05) is 0 Å². The maximum Gasteiger partial charge on any atom is 0.411 e. The first kappa shape index (κ1) is 27.4. The maximum atomic E-state index is 14.4. The Morgan fingerprint density at radius 1 is 0.636 bits per heavy atom. The van der Waals surface area contributed by atoms with Gasteiger partial charge in [0.15, 0.2) is 0 Å². The molecule has 0 atom stereocenters. The Morgan fingerprint density at radius 2 is 0.879 bits per heavy atom. The summed E-state index contributed by atoms with van der Waals surface area (Å²) in [5, 5.41) is 1.59. The second-order valence-corrected chi connectivity index (χ2v) is 8.37. The molecule has 0 radical (unpaired) electrons. The Bertz CT molecular complexity index is 985. The molecule has 0 aromatic heterocycles. The van der Waals surface area contributed by atoms with Gasteiger partial charge in [0.2, 0.25) is 17.2 Å². The van der Waals surface area contributed by atoms with Gasteiger partial charge in [0, 0.05) is 13.8 Å². The van der Waals surface area contributed by atoms with Crippen LogP contribution >= 0.6 is 46.4 Å². The smallest absolute Gasteiger partial charge is 0.324 e. The largest absolute Gasteiger partial charge is 0.411 e. The monoisotopic (exact) mass is 554 g/mol. The van der Waals surface area contributed by atoms with E-state index in [9.17, 15) is 35.9 Å². The van der Waals surface area contributed by atoms with E-state index in [4.69, 9.17) is 46.4 Å². The minimum Gasteiger partial charge on any atom is -0.324 e. The van der Waals surface area contributed by atoms with E-state index in [0.717, 1.165) is 13.8 Å². The van der Waals surface area contributed by atoms with E-state index < -0.39 is 60.8 Å². The number of carbonyl (C=O) groups is 2. The number of halogens is 10. The van der Waals surface area contributed by atoms with Crippen LogP contribution < -0.4 is 10.6 Å². The van der Waals surface area contributed by atoms with Gasteiger partial charge < -0.3 is 10.6 Å². The lowest BCUT2D eigenvalue weighted by atomic mass is 9.72. The molecule has 14 heteroatoms. The Balaban J connectivity index is 2.98. The number of benzene rings is 2. The highest BCUT2D eigenvalue weighted by Gasteiger charge is 2.72. The number of hydrogen-bond donors (Lipinski definition) is 2. The molecular weight excluding hydrogens is 544 g/mol. The average molecular weight is 556 g/mol. The zero-order valence-corrected chi connectivity index (χ0v) is 19.4. The van der Waals surface area contributed by atoms with E-state index in [1.165, 1.54) is 0 Å². The maximum absolute atomic E-state index is 14.4. The van der Waals surface area contributed by atoms with Crippen LogP contribution in [0.4, 0.5) is 37.7 Å². The van der Waals surface area contributed by atoms with Crippen molar-refractivity contribution in [2.24, 2.45) is 0 Å². The van der Waals surface area contributed by atoms with E-state index >= 15 is 0 Å². The molecule has 0 aliphatic heterocycles. The Hall–Kier alpha value is -1.88. The van der Waals surface area contributed by atoms with Crippen LogP contribution in [0.3, 0.4) is 0 Å². The van der Waals surface area contributed by atoms with Gasteiger partial charge in [0.25, 0.3) is 0 Å². The zero-order valence-electron chi connectivity index (χ0n) is 16.4. The van der Waals surface area contributed by atoms with Crippen molar-refractivity contribution in [1.29, 1.82) is 0 Å². The molecule has 2 aromatic rings. The number of rotatable bonds is 4. The van der Waals surface area contributed by atoms with Crippen LogP contribution in [0.2, 0.25) is 20.1 Å². The van der Waals surface area contributed by atoms with E-state index in [0.29, 0.717) is 24.3 Å². The highest BCUT2D eigenvalue weighted by Crippen LogP contribution is 2.58. The summed E-state index contributed by atoms with van der Waals surface area (Å²) in [6.07, 6.45) is -12.0. The molecule has 0 spiro atoms. The highest BCUT2D eigenvalue weighted by molar-refractivity contribution is 6.40. The molecule has 0 saturated heterocycles. The van der Waals surface area contributed by atoms with Crippen LogP contribution in [0.5, 0.6) is 0 Å². The molecule has 2 amide bonds. The Kier molecular flexibility index (Phi) is 7.80. The fraction of sp³-hybridized carbons (Fsp3) is 0.263. The van der Waals surface area contributed by atoms with Gasteiger partial charge in [-0.05, 0) is 35.4 Å². The van der Waals surface area contributed by atoms with Crippen molar-refractivity contribution in [1.82, 2.24) is 0 Å². The molecule has 2 N–H and O–H groups in total.